The van der Waals surface area contributed by atoms with Crippen LogP contribution in [0.3, 0.4) is 0 Å². The Bertz CT molecular complexity index is 407. The minimum absolute atomic E-state index is 0.0664. The average Bonchev–Trinajstić information content (AvgIpc) is 3.04. The molecule has 0 amide bonds. The summed E-state index contributed by atoms with van der Waals surface area (Å²) < 4.78 is 0. The van der Waals surface area contributed by atoms with Gasteiger partial charge < -0.3 is 5.32 Å². The summed E-state index contributed by atoms with van der Waals surface area (Å²) in [6.45, 7) is 0.722. The van der Waals surface area contributed by atoms with Crippen LogP contribution in [0, 0.1) is 16.0 Å². The van der Waals surface area contributed by atoms with Crippen LogP contribution in [0.2, 0.25) is 5.02 Å². The smallest absolute Gasteiger partial charge is 0.312 e. The average molecular weight is 242 g/mol. The quantitative estimate of drug-likeness (QED) is 0.636. The summed E-state index contributed by atoms with van der Waals surface area (Å²) in [5.74, 6) is 1.09. The Hall–Kier alpha value is -1.36. The molecule has 0 radical (unpaired) electrons. The highest BCUT2D eigenvalue weighted by molar-refractivity contribution is 6.30. The van der Waals surface area contributed by atoms with E-state index in [0.29, 0.717) is 5.82 Å². The van der Waals surface area contributed by atoms with Gasteiger partial charge in [-0.15, -0.1) is 0 Å². The van der Waals surface area contributed by atoms with E-state index >= 15 is 0 Å². The summed E-state index contributed by atoms with van der Waals surface area (Å²) in [4.78, 5) is 14.2. The minimum Gasteiger partial charge on any atom is -0.364 e. The van der Waals surface area contributed by atoms with Gasteiger partial charge in [0.15, 0.2) is 0 Å². The van der Waals surface area contributed by atoms with Gasteiger partial charge in [-0.2, -0.15) is 0 Å². The first-order valence-corrected chi connectivity index (χ1v) is 5.58. The fourth-order valence-electron chi connectivity index (χ4n) is 1.51. The maximum Gasteiger partial charge on any atom is 0.312 e. The molecule has 1 aromatic rings. The largest absolute Gasteiger partial charge is 0.364 e. The van der Waals surface area contributed by atoms with Crippen molar-refractivity contribution in [3.05, 3.63) is 27.4 Å². The third kappa shape index (κ3) is 2.82. The lowest BCUT2D eigenvalue weighted by Gasteiger charge is -2.05. The Morgan fingerprint density at radius 1 is 1.62 bits per heavy atom. The topological polar surface area (TPSA) is 68.1 Å². The Kier molecular flexibility index (Phi) is 3.24. The summed E-state index contributed by atoms with van der Waals surface area (Å²) in [5.41, 5.74) is -0.0664. The zero-order valence-corrected chi connectivity index (χ0v) is 9.41. The lowest BCUT2D eigenvalue weighted by Crippen LogP contribution is -2.06. The van der Waals surface area contributed by atoms with Gasteiger partial charge in [0.05, 0.1) is 9.95 Å². The second-order valence-electron chi connectivity index (χ2n) is 3.94. The molecule has 0 atom stereocenters. The molecule has 1 saturated carbocycles. The number of aromatic nitrogens is 1. The van der Waals surface area contributed by atoms with Crippen LogP contribution < -0.4 is 5.32 Å². The summed E-state index contributed by atoms with van der Waals surface area (Å²) in [7, 11) is 0. The van der Waals surface area contributed by atoms with E-state index in [1.165, 1.54) is 25.1 Å². The molecule has 6 heteroatoms. The SMILES string of the molecule is O=[N+]([O-])c1cc(Cl)cnc1NCCC1CC1. The summed E-state index contributed by atoms with van der Waals surface area (Å²) in [5, 5.41) is 14.0. The molecule has 0 bridgehead atoms. The summed E-state index contributed by atoms with van der Waals surface area (Å²) in [6, 6.07) is 1.31. The molecule has 0 aliphatic heterocycles. The number of nitrogens with zero attached hydrogens (tertiary/aromatic N) is 2. The van der Waals surface area contributed by atoms with Crippen molar-refractivity contribution < 1.29 is 4.92 Å². The molecule has 5 nitrogen and oxygen atoms in total. The molecule has 0 unspecified atom stereocenters. The summed E-state index contributed by atoms with van der Waals surface area (Å²) in [6.07, 6.45) is 5.01. The number of anilines is 1. The first-order chi connectivity index (χ1) is 7.66. The van der Waals surface area contributed by atoms with Crippen LogP contribution >= 0.6 is 11.6 Å². The third-order valence-electron chi connectivity index (χ3n) is 2.57. The molecule has 1 aliphatic rings. The van der Waals surface area contributed by atoms with Crippen molar-refractivity contribution in [2.45, 2.75) is 19.3 Å². The molecular weight excluding hydrogens is 230 g/mol. The van der Waals surface area contributed by atoms with Crippen LogP contribution in [0.1, 0.15) is 19.3 Å². The number of rotatable bonds is 5. The molecule has 0 aromatic carbocycles. The van der Waals surface area contributed by atoms with Gasteiger partial charge in [-0.3, -0.25) is 10.1 Å². The lowest BCUT2D eigenvalue weighted by molar-refractivity contribution is -0.384. The van der Waals surface area contributed by atoms with Gasteiger partial charge >= 0.3 is 5.69 Å². The number of nitrogens with one attached hydrogen (secondary N) is 1. The van der Waals surface area contributed by atoms with E-state index in [2.05, 4.69) is 10.3 Å². The maximum absolute atomic E-state index is 10.8. The molecule has 16 heavy (non-hydrogen) atoms. The van der Waals surface area contributed by atoms with Crippen molar-refractivity contribution in [1.29, 1.82) is 0 Å². The Morgan fingerprint density at radius 2 is 2.38 bits per heavy atom. The van der Waals surface area contributed by atoms with Crippen LogP contribution in [-0.4, -0.2) is 16.5 Å². The Labute approximate surface area is 98.0 Å². The predicted molar refractivity (Wildman–Crippen MR) is 61.7 cm³/mol. The molecule has 1 N–H and O–H groups in total. The minimum atomic E-state index is -0.474. The number of hydrogen-bond donors (Lipinski definition) is 1. The van der Waals surface area contributed by atoms with Crippen molar-refractivity contribution in [2.24, 2.45) is 5.92 Å². The zero-order chi connectivity index (χ0) is 11.5. The normalized spacial score (nSPS) is 14.8. The van der Waals surface area contributed by atoms with E-state index in [4.69, 9.17) is 11.6 Å². The Morgan fingerprint density at radius 3 is 3.00 bits per heavy atom. The van der Waals surface area contributed by atoms with E-state index in [9.17, 15) is 10.1 Å². The number of hydrogen-bond acceptors (Lipinski definition) is 4. The molecular formula is C10H12ClN3O2. The molecule has 1 fully saturated rings. The lowest BCUT2D eigenvalue weighted by atomic mass is 10.3. The van der Waals surface area contributed by atoms with Gasteiger partial charge in [0.1, 0.15) is 0 Å². The van der Waals surface area contributed by atoms with Gasteiger partial charge in [-0.1, -0.05) is 24.4 Å². The molecule has 0 spiro atoms. The van der Waals surface area contributed by atoms with Crippen molar-refractivity contribution >= 4 is 23.1 Å². The van der Waals surface area contributed by atoms with Gasteiger partial charge in [0.25, 0.3) is 0 Å². The highest BCUT2D eigenvalue weighted by atomic mass is 35.5. The predicted octanol–water partition coefficient (Wildman–Crippen LogP) is 2.86. The van der Waals surface area contributed by atoms with Gasteiger partial charge in [0, 0.05) is 18.8 Å². The van der Waals surface area contributed by atoms with Crippen LogP contribution in [-0.2, 0) is 0 Å². The number of nitro groups is 1. The fraction of sp³-hybridized carbons (Fsp3) is 0.500. The second kappa shape index (κ2) is 4.65. The van der Waals surface area contributed by atoms with E-state index in [1.54, 1.807) is 0 Å². The highest BCUT2D eigenvalue weighted by Crippen LogP contribution is 2.32. The van der Waals surface area contributed by atoms with E-state index in [1.807, 2.05) is 0 Å². The molecule has 1 aromatic heterocycles. The monoisotopic (exact) mass is 241 g/mol. The van der Waals surface area contributed by atoms with Crippen LogP contribution in [0.5, 0.6) is 0 Å². The van der Waals surface area contributed by atoms with Crippen molar-refractivity contribution in [3.63, 3.8) is 0 Å². The molecule has 1 heterocycles. The van der Waals surface area contributed by atoms with Crippen molar-refractivity contribution in [3.8, 4) is 0 Å². The first-order valence-electron chi connectivity index (χ1n) is 5.20. The van der Waals surface area contributed by atoms with Gasteiger partial charge in [-0.05, 0) is 12.3 Å². The van der Waals surface area contributed by atoms with Crippen LogP contribution in [0.4, 0.5) is 11.5 Å². The Balaban J connectivity index is 2.02. The van der Waals surface area contributed by atoms with Crippen LogP contribution in [0.25, 0.3) is 0 Å². The number of pyridine rings is 1. The molecule has 0 saturated heterocycles. The third-order valence-corrected chi connectivity index (χ3v) is 2.78. The van der Waals surface area contributed by atoms with Gasteiger partial charge in [0.2, 0.25) is 5.82 Å². The van der Waals surface area contributed by atoms with E-state index in [0.717, 1.165) is 18.9 Å². The number of halogens is 1. The summed E-state index contributed by atoms with van der Waals surface area (Å²) >= 11 is 5.66. The standard InChI is InChI=1S/C10H12ClN3O2/c11-8-5-9(14(15)16)10(13-6-8)12-4-3-7-1-2-7/h5-7H,1-4H2,(H,12,13). The maximum atomic E-state index is 10.8. The zero-order valence-electron chi connectivity index (χ0n) is 8.65. The van der Waals surface area contributed by atoms with E-state index < -0.39 is 4.92 Å². The van der Waals surface area contributed by atoms with E-state index in [-0.39, 0.29) is 10.7 Å². The molecule has 86 valence electrons. The van der Waals surface area contributed by atoms with Crippen molar-refractivity contribution in [2.75, 3.05) is 11.9 Å². The van der Waals surface area contributed by atoms with Crippen LogP contribution in [0.15, 0.2) is 12.3 Å². The van der Waals surface area contributed by atoms with Gasteiger partial charge in [-0.25, -0.2) is 4.98 Å². The fourth-order valence-corrected chi connectivity index (χ4v) is 1.66. The molecule has 2 rings (SSSR count). The first kappa shape index (κ1) is 11.1. The van der Waals surface area contributed by atoms with Crippen molar-refractivity contribution in [1.82, 2.24) is 4.98 Å². The molecule has 1 aliphatic carbocycles. The highest BCUT2D eigenvalue weighted by Gasteiger charge is 2.21. The second-order valence-corrected chi connectivity index (χ2v) is 4.37.